The maximum Gasteiger partial charge on any atom is 0.310 e. The third-order valence-corrected chi connectivity index (χ3v) is 4.15. The minimum Gasteiger partial charge on any atom is -0.412 e. The smallest absolute Gasteiger partial charge is 0.310 e. The molecule has 0 rings (SSSR count). The summed E-state index contributed by atoms with van der Waals surface area (Å²) in [5, 5.41) is 0. The van der Waals surface area contributed by atoms with Gasteiger partial charge in [-0.2, -0.15) is 0 Å². The highest BCUT2D eigenvalue weighted by molar-refractivity contribution is 7.59. The molecule has 0 aromatic heterocycles. The van der Waals surface area contributed by atoms with Crippen molar-refractivity contribution in [3.05, 3.63) is 0 Å². The normalized spacial score (nSPS) is 11.2. The summed E-state index contributed by atoms with van der Waals surface area (Å²) >= 11 is 0. The molecule has 0 spiro atoms. The Morgan fingerprint density at radius 1 is 1.25 bits per heavy atom. The third kappa shape index (κ3) is 3.91. The second-order valence-corrected chi connectivity index (χ2v) is 5.74. The summed E-state index contributed by atoms with van der Waals surface area (Å²) in [6.07, 6.45) is 1.99. The van der Waals surface area contributed by atoms with Gasteiger partial charge in [-0.1, -0.05) is 20.8 Å². The van der Waals surface area contributed by atoms with Crippen LogP contribution in [0, 0.1) is 0 Å². The average molecular weight is 192 g/mol. The fourth-order valence-electron chi connectivity index (χ4n) is 0.788. The predicted molar refractivity (Wildman–Crippen MR) is 49.7 cm³/mol. The van der Waals surface area contributed by atoms with Crippen molar-refractivity contribution in [2.75, 3.05) is 12.3 Å². The molecule has 0 saturated carbocycles. The van der Waals surface area contributed by atoms with Crippen LogP contribution in [0.25, 0.3) is 0 Å². The molecule has 0 heterocycles. The Morgan fingerprint density at radius 2 is 1.75 bits per heavy atom. The minimum absolute atomic E-state index is 0.329. The van der Waals surface area contributed by atoms with Crippen LogP contribution in [0.1, 0.15) is 33.6 Å². The molecule has 0 aliphatic carbocycles. The summed E-state index contributed by atoms with van der Waals surface area (Å²) in [5.74, 6) is -0.329. The van der Waals surface area contributed by atoms with E-state index < -0.39 is 7.37 Å². The van der Waals surface area contributed by atoms with E-state index in [1.165, 1.54) is 0 Å². The summed E-state index contributed by atoms with van der Waals surface area (Å²) in [6, 6.07) is 0. The van der Waals surface area contributed by atoms with Gasteiger partial charge in [0.2, 0.25) is 7.37 Å². The maximum absolute atomic E-state index is 11.6. The lowest BCUT2D eigenvalue weighted by molar-refractivity contribution is -0.134. The van der Waals surface area contributed by atoms with Crippen molar-refractivity contribution in [1.82, 2.24) is 0 Å². The van der Waals surface area contributed by atoms with Crippen molar-refractivity contribution < 1.29 is 13.9 Å². The molecule has 0 aliphatic rings. The molecule has 0 fully saturated rings. The van der Waals surface area contributed by atoms with Crippen molar-refractivity contribution in [2.45, 2.75) is 33.6 Å². The molecule has 0 bridgehead atoms. The summed E-state index contributed by atoms with van der Waals surface area (Å²) in [4.78, 5) is 11.0. The van der Waals surface area contributed by atoms with Crippen LogP contribution in [0.5, 0.6) is 0 Å². The maximum atomic E-state index is 11.6. The molecule has 0 aromatic rings. The SMILES string of the molecule is CCCC(=O)OP(=O)(CC)CC. The van der Waals surface area contributed by atoms with Gasteiger partial charge in [0.25, 0.3) is 0 Å². The fraction of sp³-hybridized carbons (Fsp3) is 0.875. The van der Waals surface area contributed by atoms with Crippen LogP contribution in [-0.4, -0.2) is 18.3 Å². The van der Waals surface area contributed by atoms with E-state index in [0.29, 0.717) is 18.7 Å². The fourth-order valence-corrected chi connectivity index (χ4v) is 1.96. The van der Waals surface area contributed by atoms with Gasteiger partial charge < -0.3 is 4.52 Å². The number of hydrogen-bond acceptors (Lipinski definition) is 3. The summed E-state index contributed by atoms with van der Waals surface area (Å²) < 4.78 is 16.5. The van der Waals surface area contributed by atoms with Gasteiger partial charge in [-0.25, -0.2) is 0 Å². The van der Waals surface area contributed by atoms with Crippen LogP contribution >= 0.6 is 7.37 Å². The first-order valence-electron chi connectivity index (χ1n) is 4.38. The first-order valence-corrected chi connectivity index (χ1v) is 6.38. The minimum atomic E-state index is -2.62. The Morgan fingerprint density at radius 3 is 2.08 bits per heavy atom. The number of hydrogen-bond donors (Lipinski definition) is 0. The van der Waals surface area contributed by atoms with E-state index in [-0.39, 0.29) is 5.97 Å². The lowest BCUT2D eigenvalue weighted by Crippen LogP contribution is -2.04. The number of carbonyl (C=O) groups excluding carboxylic acids is 1. The van der Waals surface area contributed by atoms with Crippen molar-refractivity contribution in [2.24, 2.45) is 0 Å². The molecule has 72 valence electrons. The average Bonchev–Trinajstić information content (AvgIpc) is 2.05. The Balaban J connectivity index is 4.03. The van der Waals surface area contributed by atoms with E-state index in [1.54, 1.807) is 13.8 Å². The van der Waals surface area contributed by atoms with Gasteiger partial charge in [-0.3, -0.25) is 9.36 Å². The topological polar surface area (TPSA) is 43.4 Å². The molecule has 12 heavy (non-hydrogen) atoms. The zero-order valence-electron chi connectivity index (χ0n) is 8.00. The molecule has 0 amide bonds. The molecule has 0 radical (unpaired) electrons. The molecule has 0 unspecified atom stereocenters. The van der Waals surface area contributed by atoms with Crippen molar-refractivity contribution >= 4 is 13.3 Å². The Labute approximate surface area is 73.9 Å². The highest BCUT2D eigenvalue weighted by Gasteiger charge is 2.21. The van der Waals surface area contributed by atoms with E-state index in [4.69, 9.17) is 4.52 Å². The van der Waals surface area contributed by atoms with Crippen LogP contribution in [-0.2, 0) is 13.9 Å². The third-order valence-electron chi connectivity index (χ3n) is 1.69. The van der Waals surface area contributed by atoms with Gasteiger partial charge in [0.05, 0.1) is 0 Å². The van der Waals surface area contributed by atoms with Gasteiger partial charge >= 0.3 is 5.97 Å². The zero-order valence-corrected chi connectivity index (χ0v) is 8.89. The monoisotopic (exact) mass is 192 g/mol. The highest BCUT2D eigenvalue weighted by Crippen LogP contribution is 2.46. The molecule has 0 aliphatic heterocycles. The first-order chi connectivity index (χ1) is 5.58. The highest BCUT2D eigenvalue weighted by atomic mass is 31.2. The lowest BCUT2D eigenvalue weighted by atomic mass is 10.4. The molecule has 4 heteroatoms. The Bertz CT molecular complexity index is 181. The van der Waals surface area contributed by atoms with Crippen LogP contribution in [0.2, 0.25) is 0 Å². The lowest BCUT2D eigenvalue weighted by Gasteiger charge is -2.13. The Hall–Kier alpha value is -0.300. The van der Waals surface area contributed by atoms with Gasteiger partial charge in [0, 0.05) is 18.7 Å². The summed E-state index contributed by atoms with van der Waals surface area (Å²) in [6.45, 7) is 5.46. The van der Waals surface area contributed by atoms with Crippen molar-refractivity contribution in [3.63, 3.8) is 0 Å². The largest absolute Gasteiger partial charge is 0.412 e. The molecule has 0 N–H and O–H groups in total. The van der Waals surface area contributed by atoms with Crippen molar-refractivity contribution in [1.29, 1.82) is 0 Å². The van der Waals surface area contributed by atoms with Crippen LogP contribution in [0.3, 0.4) is 0 Å². The van der Waals surface area contributed by atoms with Gasteiger partial charge in [0.1, 0.15) is 0 Å². The van der Waals surface area contributed by atoms with E-state index in [1.807, 2.05) is 6.92 Å². The van der Waals surface area contributed by atoms with Crippen molar-refractivity contribution in [3.8, 4) is 0 Å². The van der Waals surface area contributed by atoms with Gasteiger partial charge in [-0.05, 0) is 6.42 Å². The molecular weight excluding hydrogens is 175 g/mol. The predicted octanol–water partition coefficient (Wildman–Crippen LogP) is 2.65. The van der Waals surface area contributed by atoms with E-state index in [9.17, 15) is 9.36 Å². The summed E-state index contributed by atoms with van der Waals surface area (Å²) in [7, 11) is -2.62. The Kier molecular flexibility index (Phi) is 5.23. The molecule has 0 aromatic carbocycles. The van der Waals surface area contributed by atoms with Crippen LogP contribution < -0.4 is 0 Å². The van der Waals surface area contributed by atoms with E-state index in [2.05, 4.69) is 0 Å². The molecule has 0 saturated heterocycles. The first kappa shape index (κ1) is 11.7. The zero-order chi connectivity index (χ0) is 9.61. The molecular formula is C8H17O3P. The molecule has 0 atom stereocenters. The van der Waals surface area contributed by atoms with Crippen LogP contribution in [0.15, 0.2) is 0 Å². The van der Waals surface area contributed by atoms with Gasteiger partial charge in [-0.15, -0.1) is 0 Å². The number of carbonyl (C=O) groups is 1. The van der Waals surface area contributed by atoms with E-state index >= 15 is 0 Å². The summed E-state index contributed by atoms with van der Waals surface area (Å²) in [5.41, 5.74) is 0. The number of rotatable bonds is 5. The molecule has 3 nitrogen and oxygen atoms in total. The van der Waals surface area contributed by atoms with E-state index in [0.717, 1.165) is 6.42 Å². The van der Waals surface area contributed by atoms with Gasteiger partial charge in [0.15, 0.2) is 0 Å². The second-order valence-electron chi connectivity index (χ2n) is 2.66. The standard InChI is InChI=1S/C8H17O3P/c1-4-7-8(9)11-12(10,5-2)6-3/h4-7H2,1-3H3. The van der Waals surface area contributed by atoms with Crippen LogP contribution in [0.4, 0.5) is 0 Å². The second kappa shape index (κ2) is 5.36. The quantitative estimate of drug-likeness (QED) is 0.629.